The standard InChI is InChI=1S/C23H29N5OS/c1-16(2)28(17(3)4)22(29)18(5)30-23-26-25-21(20-11-13-24-14-12-20)27(23)15-19-9-7-6-8-10-19/h6-14,16-18H,15H2,1-5H3. The van der Waals surface area contributed by atoms with Crippen molar-refractivity contribution in [1.82, 2.24) is 24.6 Å². The molecular weight excluding hydrogens is 394 g/mol. The second kappa shape index (κ2) is 9.89. The van der Waals surface area contributed by atoms with Gasteiger partial charge >= 0.3 is 0 Å². The van der Waals surface area contributed by atoms with Crippen LogP contribution < -0.4 is 0 Å². The summed E-state index contributed by atoms with van der Waals surface area (Å²) in [7, 11) is 0. The van der Waals surface area contributed by atoms with Crippen LogP contribution in [-0.2, 0) is 11.3 Å². The van der Waals surface area contributed by atoms with Crippen LogP contribution in [-0.4, -0.2) is 47.9 Å². The molecular formula is C23H29N5OS. The Morgan fingerprint density at radius 1 is 0.967 bits per heavy atom. The third-order valence-electron chi connectivity index (χ3n) is 4.84. The van der Waals surface area contributed by atoms with E-state index >= 15 is 0 Å². The van der Waals surface area contributed by atoms with Gasteiger partial charge in [-0.05, 0) is 52.3 Å². The van der Waals surface area contributed by atoms with Gasteiger partial charge in [0.1, 0.15) is 0 Å². The van der Waals surface area contributed by atoms with E-state index in [1.54, 1.807) is 12.4 Å². The van der Waals surface area contributed by atoms with Crippen LogP contribution >= 0.6 is 11.8 Å². The van der Waals surface area contributed by atoms with Crippen molar-refractivity contribution in [2.45, 2.75) is 63.7 Å². The summed E-state index contributed by atoms with van der Waals surface area (Å²) >= 11 is 1.46. The SMILES string of the molecule is CC(Sc1nnc(-c2ccncc2)n1Cc1ccccc1)C(=O)N(C(C)C)C(C)C. The van der Waals surface area contributed by atoms with Crippen LogP contribution in [0, 0.1) is 0 Å². The van der Waals surface area contributed by atoms with Crippen LogP contribution in [0.3, 0.4) is 0 Å². The Morgan fingerprint density at radius 2 is 1.60 bits per heavy atom. The number of thioether (sulfide) groups is 1. The average molecular weight is 424 g/mol. The molecule has 2 aromatic heterocycles. The zero-order chi connectivity index (χ0) is 21.7. The van der Waals surface area contributed by atoms with Gasteiger partial charge in [-0.25, -0.2) is 0 Å². The van der Waals surface area contributed by atoms with E-state index in [-0.39, 0.29) is 23.2 Å². The first kappa shape index (κ1) is 22.0. The maximum absolute atomic E-state index is 13.1. The molecule has 0 aliphatic carbocycles. The van der Waals surface area contributed by atoms with Crippen molar-refractivity contribution in [1.29, 1.82) is 0 Å². The fourth-order valence-electron chi connectivity index (χ4n) is 3.52. The maximum atomic E-state index is 13.1. The summed E-state index contributed by atoms with van der Waals surface area (Å²) in [5.74, 6) is 0.887. The lowest BCUT2D eigenvalue weighted by atomic mass is 10.2. The molecule has 0 spiro atoms. The van der Waals surface area contributed by atoms with E-state index in [0.717, 1.165) is 22.1 Å². The van der Waals surface area contributed by atoms with Gasteiger partial charge in [0.15, 0.2) is 11.0 Å². The smallest absolute Gasteiger partial charge is 0.236 e. The second-order valence-corrected chi connectivity index (χ2v) is 9.11. The molecule has 0 saturated carbocycles. The van der Waals surface area contributed by atoms with Crippen LogP contribution in [0.2, 0.25) is 0 Å². The maximum Gasteiger partial charge on any atom is 0.236 e. The third kappa shape index (κ3) is 5.08. The first-order valence-corrected chi connectivity index (χ1v) is 11.1. The number of pyridine rings is 1. The van der Waals surface area contributed by atoms with Crippen molar-refractivity contribution >= 4 is 17.7 Å². The first-order chi connectivity index (χ1) is 14.4. The van der Waals surface area contributed by atoms with Gasteiger partial charge in [-0.15, -0.1) is 10.2 Å². The molecule has 1 unspecified atom stereocenters. The van der Waals surface area contributed by atoms with E-state index in [1.165, 1.54) is 11.8 Å². The first-order valence-electron chi connectivity index (χ1n) is 10.2. The van der Waals surface area contributed by atoms with Crippen LogP contribution in [0.15, 0.2) is 60.0 Å². The van der Waals surface area contributed by atoms with Crippen molar-refractivity contribution in [3.63, 3.8) is 0 Å². The molecule has 158 valence electrons. The highest BCUT2D eigenvalue weighted by Crippen LogP contribution is 2.29. The summed E-state index contributed by atoms with van der Waals surface area (Å²) in [6, 6.07) is 14.4. The highest BCUT2D eigenvalue weighted by Gasteiger charge is 2.28. The number of aromatic nitrogens is 4. The van der Waals surface area contributed by atoms with Crippen LogP contribution in [0.1, 0.15) is 40.2 Å². The number of hydrogen-bond donors (Lipinski definition) is 0. The molecule has 0 radical (unpaired) electrons. The topological polar surface area (TPSA) is 63.9 Å². The van der Waals surface area contributed by atoms with Gasteiger partial charge in [-0.3, -0.25) is 14.3 Å². The fraction of sp³-hybridized carbons (Fsp3) is 0.391. The van der Waals surface area contributed by atoms with Crippen molar-refractivity contribution in [3.8, 4) is 11.4 Å². The number of rotatable bonds is 8. The predicted octanol–water partition coefficient (Wildman–Crippen LogP) is 4.51. The van der Waals surface area contributed by atoms with E-state index in [9.17, 15) is 4.79 Å². The number of nitrogens with zero attached hydrogens (tertiary/aromatic N) is 5. The lowest BCUT2D eigenvalue weighted by molar-refractivity contribution is -0.133. The molecule has 0 bridgehead atoms. The van der Waals surface area contributed by atoms with Gasteiger partial charge in [0.2, 0.25) is 5.91 Å². The van der Waals surface area contributed by atoms with Gasteiger partial charge in [0.05, 0.1) is 11.8 Å². The van der Waals surface area contributed by atoms with Gasteiger partial charge in [0.25, 0.3) is 0 Å². The van der Waals surface area contributed by atoms with Crippen LogP contribution in [0.5, 0.6) is 0 Å². The molecule has 0 fully saturated rings. The highest BCUT2D eigenvalue weighted by molar-refractivity contribution is 8.00. The lowest BCUT2D eigenvalue weighted by Gasteiger charge is -2.32. The summed E-state index contributed by atoms with van der Waals surface area (Å²) in [4.78, 5) is 19.1. The van der Waals surface area contributed by atoms with Gasteiger partial charge in [0, 0.05) is 30.0 Å². The summed E-state index contributed by atoms with van der Waals surface area (Å²) in [6.07, 6.45) is 3.50. The van der Waals surface area contributed by atoms with E-state index in [0.29, 0.717) is 6.54 Å². The normalized spacial score (nSPS) is 12.4. The summed E-state index contributed by atoms with van der Waals surface area (Å²) in [5, 5.41) is 9.36. The molecule has 1 aromatic carbocycles. The molecule has 1 amide bonds. The minimum Gasteiger partial charge on any atom is -0.337 e. The molecule has 1 atom stereocenters. The molecule has 0 aliphatic rings. The largest absolute Gasteiger partial charge is 0.337 e. The van der Waals surface area contributed by atoms with Gasteiger partial charge in [-0.1, -0.05) is 42.1 Å². The van der Waals surface area contributed by atoms with Crippen molar-refractivity contribution < 1.29 is 4.79 Å². The van der Waals surface area contributed by atoms with Gasteiger partial charge < -0.3 is 4.90 Å². The Hall–Kier alpha value is -2.67. The average Bonchev–Trinajstić information content (AvgIpc) is 3.11. The van der Waals surface area contributed by atoms with Crippen LogP contribution in [0.4, 0.5) is 0 Å². The Bertz CT molecular complexity index is 948. The van der Waals surface area contributed by atoms with E-state index in [2.05, 4.69) is 59.6 Å². The van der Waals surface area contributed by atoms with Crippen molar-refractivity contribution in [2.24, 2.45) is 0 Å². The number of amides is 1. The molecule has 6 nitrogen and oxygen atoms in total. The summed E-state index contributed by atoms with van der Waals surface area (Å²) in [5.41, 5.74) is 2.10. The predicted molar refractivity (Wildman–Crippen MR) is 121 cm³/mol. The van der Waals surface area contributed by atoms with E-state index in [1.807, 2.05) is 42.2 Å². The molecule has 30 heavy (non-hydrogen) atoms. The zero-order valence-corrected chi connectivity index (χ0v) is 19.0. The quantitative estimate of drug-likeness (QED) is 0.499. The Kier molecular flexibility index (Phi) is 7.26. The van der Waals surface area contributed by atoms with Crippen molar-refractivity contribution in [3.05, 3.63) is 60.4 Å². The third-order valence-corrected chi connectivity index (χ3v) is 5.90. The molecule has 0 aliphatic heterocycles. The number of benzene rings is 1. The van der Waals surface area contributed by atoms with Crippen molar-refractivity contribution in [2.75, 3.05) is 0 Å². The molecule has 0 saturated heterocycles. The lowest BCUT2D eigenvalue weighted by Crippen LogP contribution is -2.45. The molecule has 3 rings (SSSR count). The molecule has 7 heteroatoms. The minimum atomic E-state index is -0.265. The van der Waals surface area contributed by atoms with E-state index in [4.69, 9.17) is 0 Å². The minimum absolute atomic E-state index is 0.115. The van der Waals surface area contributed by atoms with Gasteiger partial charge in [-0.2, -0.15) is 0 Å². The number of carbonyl (C=O) groups excluding carboxylic acids is 1. The Labute approximate surface area is 182 Å². The zero-order valence-electron chi connectivity index (χ0n) is 18.2. The molecule has 0 N–H and O–H groups in total. The number of hydrogen-bond acceptors (Lipinski definition) is 5. The monoisotopic (exact) mass is 423 g/mol. The summed E-state index contributed by atoms with van der Waals surface area (Å²) < 4.78 is 2.08. The fourth-order valence-corrected chi connectivity index (χ4v) is 4.43. The Balaban J connectivity index is 1.92. The highest BCUT2D eigenvalue weighted by atomic mass is 32.2. The van der Waals surface area contributed by atoms with Crippen LogP contribution in [0.25, 0.3) is 11.4 Å². The molecule has 3 aromatic rings. The Morgan fingerprint density at radius 3 is 2.20 bits per heavy atom. The molecule has 2 heterocycles. The second-order valence-electron chi connectivity index (χ2n) is 7.81. The summed E-state index contributed by atoms with van der Waals surface area (Å²) in [6.45, 7) is 10.8. The van der Waals surface area contributed by atoms with E-state index < -0.39 is 0 Å². The number of carbonyl (C=O) groups is 1.